The number of halogens is 1. The molecule has 0 saturated heterocycles. The van der Waals surface area contributed by atoms with Crippen molar-refractivity contribution in [3.05, 3.63) is 47.5 Å². The number of rotatable bonds is 4. The second kappa shape index (κ2) is 6.19. The van der Waals surface area contributed by atoms with Crippen LogP contribution in [0.15, 0.2) is 47.0 Å². The average molecular weight is 370 g/mol. The van der Waals surface area contributed by atoms with Gasteiger partial charge in [0.2, 0.25) is 5.82 Å². The van der Waals surface area contributed by atoms with Crippen LogP contribution in [-0.4, -0.2) is 36.8 Å². The summed E-state index contributed by atoms with van der Waals surface area (Å²) >= 11 is 6.19. The minimum absolute atomic E-state index is 0.0436. The fraction of sp³-hybridized carbons (Fsp3) is 0.222. The van der Waals surface area contributed by atoms with E-state index in [4.69, 9.17) is 16.1 Å². The van der Waals surface area contributed by atoms with Crippen LogP contribution < -0.4 is 0 Å². The van der Waals surface area contributed by atoms with Crippen molar-refractivity contribution in [1.82, 2.24) is 25.1 Å². The van der Waals surface area contributed by atoms with Crippen molar-refractivity contribution >= 4 is 22.6 Å². The lowest BCUT2D eigenvalue weighted by Gasteiger charge is -2.22. The quantitative estimate of drug-likeness (QED) is 0.591. The van der Waals surface area contributed by atoms with E-state index in [9.17, 15) is 5.11 Å². The summed E-state index contributed by atoms with van der Waals surface area (Å²) in [7, 11) is 0. The largest absolute Gasteiger partial charge is 0.394 e. The van der Waals surface area contributed by atoms with Crippen molar-refractivity contribution in [2.24, 2.45) is 0 Å². The smallest absolute Gasteiger partial charge is 0.258 e. The minimum Gasteiger partial charge on any atom is -0.394 e. The third-order valence-electron chi connectivity index (χ3n) is 4.19. The van der Waals surface area contributed by atoms with Crippen molar-refractivity contribution in [3.63, 3.8) is 0 Å². The highest BCUT2D eigenvalue weighted by molar-refractivity contribution is 6.33. The van der Waals surface area contributed by atoms with Gasteiger partial charge in [0.15, 0.2) is 0 Å². The highest BCUT2D eigenvalue weighted by Crippen LogP contribution is 2.29. The predicted molar refractivity (Wildman–Crippen MR) is 97.7 cm³/mol. The van der Waals surface area contributed by atoms with Gasteiger partial charge in [-0.25, -0.2) is 4.68 Å². The summed E-state index contributed by atoms with van der Waals surface area (Å²) in [6.07, 6.45) is 0. The Bertz CT molecular complexity index is 1090. The van der Waals surface area contributed by atoms with Crippen LogP contribution in [0.2, 0.25) is 5.02 Å². The maximum Gasteiger partial charge on any atom is 0.258 e. The summed E-state index contributed by atoms with van der Waals surface area (Å²) in [6.45, 7) is 3.74. The first kappa shape index (κ1) is 16.7. The number of nitrogens with zero attached hydrogens (tertiary/aromatic N) is 5. The zero-order chi connectivity index (χ0) is 18.3. The van der Waals surface area contributed by atoms with E-state index in [-0.39, 0.29) is 6.61 Å². The van der Waals surface area contributed by atoms with E-state index in [1.165, 1.54) is 0 Å². The first-order valence-corrected chi connectivity index (χ1v) is 8.43. The first-order chi connectivity index (χ1) is 12.5. The van der Waals surface area contributed by atoms with E-state index in [0.717, 1.165) is 11.1 Å². The normalized spacial score (nSPS) is 12.0. The SMILES string of the molecule is CC(C)(CO)n1nnc2cc(-c3nc(-c4ccccc4Cl)no3)ccc21. The molecular formula is C18H16ClN5O2. The van der Waals surface area contributed by atoms with Crippen molar-refractivity contribution < 1.29 is 9.63 Å². The van der Waals surface area contributed by atoms with Crippen molar-refractivity contribution in [2.75, 3.05) is 6.61 Å². The molecule has 0 amide bonds. The molecule has 4 rings (SSSR count). The summed E-state index contributed by atoms with van der Waals surface area (Å²) in [5.74, 6) is 0.800. The third kappa shape index (κ3) is 2.75. The van der Waals surface area contributed by atoms with Crippen molar-refractivity contribution in [1.29, 1.82) is 0 Å². The second-order valence-corrected chi connectivity index (χ2v) is 6.99. The molecule has 0 aliphatic rings. The molecule has 0 unspecified atom stereocenters. The van der Waals surface area contributed by atoms with Gasteiger partial charge in [-0.05, 0) is 44.2 Å². The van der Waals surface area contributed by atoms with Crippen LogP contribution in [0.1, 0.15) is 13.8 Å². The van der Waals surface area contributed by atoms with Crippen LogP contribution in [0.3, 0.4) is 0 Å². The summed E-state index contributed by atoms with van der Waals surface area (Å²) in [5.41, 5.74) is 2.40. The topological polar surface area (TPSA) is 89.9 Å². The molecule has 0 atom stereocenters. The number of aliphatic hydroxyl groups is 1. The predicted octanol–water partition coefficient (Wildman–Crippen LogP) is 3.53. The van der Waals surface area contributed by atoms with E-state index in [1.807, 2.05) is 50.2 Å². The van der Waals surface area contributed by atoms with Crippen LogP contribution in [0.5, 0.6) is 0 Å². The number of hydrogen-bond donors (Lipinski definition) is 1. The van der Waals surface area contributed by atoms with Crippen LogP contribution in [0, 0.1) is 0 Å². The lowest BCUT2D eigenvalue weighted by molar-refractivity contribution is 0.154. The molecular weight excluding hydrogens is 354 g/mol. The summed E-state index contributed by atoms with van der Waals surface area (Å²) in [6, 6.07) is 12.9. The van der Waals surface area contributed by atoms with Gasteiger partial charge in [-0.3, -0.25) is 0 Å². The van der Waals surface area contributed by atoms with Gasteiger partial charge < -0.3 is 9.63 Å². The molecule has 26 heavy (non-hydrogen) atoms. The summed E-state index contributed by atoms with van der Waals surface area (Å²) in [5, 5.41) is 22.5. The van der Waals surface area contributed by atoms with Gasteiger partial charge in [-0.1, -0.05) is 34.1 Å². The summed E-state index contributed by atoms with van der Waals surface area (Å²) < 4.78 is 7.09. The standard InChI is InChI=1S/C18H16ClN5O2/c1-18(2,10-25)24-15-8-7-11(9-14(15)21-23-24)17-20-16(22-26-17)12-5-3-4-6-13(12)19/h3-9,25H,10H2,1-2H3. The van der Waals surface area contributed by atoms with Gasteiger partial charge in [0.05, 0.1) is 22.7 Å². The first-order valence-electron chi connectivity index (χ1n) is 8.05. The molecule has 2 aromatic heterocycles. The van der Waals surface area contributed by atoms with Gasteiger partial charge in [0.1, 0.15) is 5.52 Å². The van der Waals surface area contributed by atoms with Crippen LogP contribution >= 0.6 is 11.6 Å². The molecule has 4 aromatic rings. The minimum atomic E-state index is -0.544. The number of fused-ring (bicyclic) bond motifs is 1. The Morgan fingerprint density at radius 3 is 2.77 bits per heavy atom. The Morgan fingerprint density at radius 1 is 1.19 bits per heavy atom. The molecule has 0 aliphatic heterocycles. The number of benzene rings is 2. The molecule has 0 saturated carbocycles. The van der Waals surface area contributed by atoms with Crippen LogP contribution in [-0.2, 0) is 5.54 Å². The molecule has 0 bridgehead atoms. The van der Waals surface area contributed by atoms with Gasteiger partial charge in [-0.2, -0.15) is 4.98 Å². The Labute approximate surface area is 154 Å². The Balaban J connectivity index is 1.73. The number of aromatic nitrogens is 5. The Morgan fingerprint density at radius 2 is 2.00 bits per heavy atom. The molecule has 0 aliphatic carbocycles. The third-order valence-corrected chi connectivity index (χ3v) is 4.52. The molecule has 1 N–H and O–H groups in total. The van der Waals surface area contributed by atoms with Crippen molar-refractivity contribution in [3.8, 4) is 22.8 Å². The molecule has 0 fully saturated rings. The Kier molecular flexibility index (Phi) is 3.97. The monoisotopic (exact) mass is 369 g/mol. The molecule has 2 heterocycles. The van der Waals surface area contributed by atoms with Crippen molar-refractivity contribution in [2.45, 2.75) is 19.4 Å². The Hall–Kier alpha value is -2.77. The van der Waals surface area contributed by atoms with Crippen LogP contribution in [0.25, 0.3) is 33.9 Å². The number of aliphatic hydroxyl groups excluding tert-OH is 1. The maximum absolute atomic E-state index is 9.56. The number of hydrogen-bond acceptors (Lipinski definition) is 6. The van der Waals surface area contributed by atoms with E-state index >= 15 is 0 Å². The molecule has 132 valence electrons. The van der Waals surface area contributed by atoms with Gasteiger partial charge in [0.25, 0.3) is 5.89 Å². The molecule has 2 aromatic carbocycles. The van der Waals surface area contributed by atoms with Gasteiger partial charge in [-0.15, -0.1) is 5.10 Å². The van der Waals surface area contributed by atoms with E-state index < -0.39 is 5.54 Å². The maximum atomic E-state index is 9.56. The average Bonchev–Trinajstić information content (AvgIpc) is 3.29. The lowest BCUT2D eigenvalue weighted by Crippen LogP contribution is -2.31. The molecule has 7 nitrogen and oxygen atoms in total. The lowest BCUT2D eigenvalue weighted by atomic mass is 10.1. The van der Waals surface area contributed by atoms with E-state index in [1.54, 1.807) is 10.7 Å². The van der Waals surface area contributed by atoms with E-state index in [0.29, 0.717) is 27.8 Å². The zero-order valence-electron chi connectivity index (χ0n) is 14.2. The fourth-order valence-corrected chi connectivity index (χ4v) is 2.88. The summed E-state index contributed by atoms with van der Waals surface area (Å²) in [4.78, 5) is 4.43. The highest BCUT2D eigenvalue weighted by Gasteiger charge is 2.23. The second-order valence-electron chi connectivity index (χ2n) is 6.58. The molecule has 0 radical (unpaired) electrons. The van der Waals surface area contributed by atoms with Crippen LogP contribution in [0.4, 0.5) is 0 Å². The van der Waals surface area contributed by atoms with Gasteiger partial charge in [0, 0.05) is 11.1 Å². The zero-order valence-corrected chi connectivity index (χ0v) is 15.0. The van der Waals surface area contributed by atoms with Gasteiger partial charge >= 0.3 is 0 Å². The molecule has 0 spiro atoms. The highest BCUT2D eigenvalue weighted by atomic mass is 35.5. The fourth-order valence-electron chi connectivity index (χ4n) is 2.66. The van der Waals surface area contributed by atoms with E-state index in [2.05, 4.69) is 20.5 Å². The molecule has 8 heteroatoms.